The van der Waals surface area contributed by atoms with Gasteiger partial charge >= 0.3 is 0 Å². The molecule has 3 rings (SSSR count). The molecule has 2 amide bonds. The molecule has 0 aromatic heterocycles. The number of nitrogens with zero attached hydrogens (tertiary/aromatic N) is 1. The van der Waals surface area contributed by atoms with Gasteiger partial charge in [-0.05, 0) is 23.1 Å². The van der Waals surface area contributed by atoms with E-state index in [1.165, 1.54) is 27.4 Å². The molecule has 0 unspecified atom stereocenters. The number of methoxy groups -OCH3 is 3. The number of nitrogens with one attached hydrogen (secondary N) is 1. The Balaban J connectivity index is 1.87. The van der Waals surface area contributed by atoms with Crippen molar-refractivity contribution in [1.29, 1.82) is 0 Å². The van der Waals surface area contributed by atoms with Gasteiger partial charge in [0.1, 0.15) is 6.54 Å². The van der Waals surface area contributed by atoms with Gasteiger partial charge in [0.05, 0.1) is 32.6 Å². The van der Waals surface area contributed by atoms with Crippen molar-refractivity contribution in [3.05, 3.63) is 41.5 Å². The summed E-state index contributed by atoms with van der Waals surface area (Å²) >= 11 is 0. The molecule has 0 bridgehead atoms. The predicted molar refractivity (Wildman–Crippen MR) is 117 cm³/mol. The summed E-state index contributed by atoms with van der Waals surface area (Å²) in [7, 11) is 4.21. The van der Waals surface area contributed by atoms with Crippen LogP contribution < -0.4 is 24.4 Å². The Labute approximate surface area is 181 Å². The molecule has 0 saturated carbocycles. The third-order valence-corrected chi connectivity index (χ3v) is 5.10. The molecule has 0 radical (unpaired) electrons. The standard InChI is InChI=1S/C23H26N2O6/c1-23(2,3)13-7-9-14(10-8-13)24-17(26)12-25-15-11-16(29-4)20(30-5)21(31-6)18(15)19(27)22(25)28/h7-11H,12H2,1-6H3,(H,24,26). The topological polar surface area (TPSA) is 94.2 Å². The highest BCUT2D eigenvalue weighted by atomic mass is 16.5. The van der Waals surface area contributed by atoms with Gasteiger partial charge in [-0.3, -0.25) is 19.3 Å². The van der Waals surface area contributed by atoms with Gasteiger partial charge in [0, 0.05) is 11.8 Å². The minimum Gasteiger partial charge on any atom is -0.493 e. The molecule has 1 heterocycles. The minimum atomic E-state index is -0.818. The second-order valence-electron chi connectivity index (χ2n) is 8.14. The SMILES string of the molecule is COc1cc2c(c(OC)c1OC)C(=O)C(=O)N2CC(=O)Nc1ccc(C(C)(C)C)cc1. The average molecular weight is 426 g/mol. The number of hydrogen-bond acceptors (Lipinski definition) is 6. The van der Waals surface area contributed by atoms with Gasteiger partial charge in [-0.15, -0.1) is 0 Å². The summed E-state index contributed by atoms with van der Waals surface area (Å²) in [6, 6.07) is 8.99. The first-order valence-corrected chi connectivity index (χ1v) is 9.72. The zero-order valence-corrected chi connectivity index (χ0v) is 18.5. The maximum absolute atomic E-state index is 12.6. The zero-order chi connectivity index (χ0) is 22.9. The molecule has 2 aromatic rings. The Bertz CT molecular complexity index is 1040. The van der Waals surface area contributed by atoms with Gasteiger partial charge in [-0.1, -0.05) is 32.9 Å². The van der Waals surface area contributed by atoms with Crippen LogP contribution in [0.3, 0.4) is 0 Å². The van der Waals surface area contributed by atoms with Crippen molar-refractivity contribution in [3.8, 4) is 17.2 Å². The van der Waals surface area contributed by atoms with Crippen LogP contribution in [0.15, 0.2) is 30.3 Å². The first kappa shape index (κ1) is 22.1. The summed E-state index contributed by atoms with van der Waals surface area (Å²) < 4.78 is 15.9. The Morgan fingerprint density at radius 2 is 1.58 bits per heavy atom. The molecule has 0 fully saturated rings. The molecule has 1 aliphatic rings. The van der Waals surface area contributed by atoms with Crippen LogP contribution in [0.25, 0.3) is 0 Å². The fraction of sp³-hybridized carbons (Fsp3) is 0.348. The lowest BCUT2D eigenvalue weighted by Gasteiger charge is -2.20. The number of anilines is 2. The first-order valence-electron chi connectivity index (χ1n) is 9.72. The molecule has 2 aromatic carbocycles. The lowest BCUT2D eigenvalue weighted by Crippen LogP contribution is -2.37. The van der Waals surface area contributed by atoms with Gasteiger partial charge in [0.2, 0.25) is 11.7 Å². The highest BCUT2D eigenvalue weighted by Gasteiger charge is 2.42. The molecule has 8 heteroatoms. The van der Waals surface area contributed by atoms with Crippen molar-refractivity contribution in [2.45, 2.75) is 26.2 Å². The highest BCUT2D eigenvalue weighted by molar-refractivity contribution is 6.53. The monoisotopic (exact) mass is 426 g/mol. The van der Waals surface area contributed by atoms with Crippen molar-refractivity contribution in [3.63, 3.8) is 0 Å². The number of amides is 2. The smallest absolute Gasteiger partial charge is 0.300 e. The quantitative estimate of drug-likeness (QED) is 0.713. The lowest BCUT2D eigenvalue weighted by molar-refractivity contribution is -0.118. The van der Waals surface area contributed by atoms with Crippen LogP contribution in [-0.2, 0) is 15.0 Å². The summed E-state index contributed by atoms with van der Waals surface area (Å²) in [5.41, 5.74) is 2.01. The van der Waals surface area contributed by atoms with Gasteiger partial charge in [0.15, 0.2) is 11.5 Å². The lowest BCUT2D eigenvalue weighted by atomic mass is 9.87. The van der Waals surface area contributed by atoms with E-state index < -0.39 is 17.6 Å². The fourth-order valence-electron chi connectivity index (χ4n) is 3.47. The Kier molecular flexibility index (Phi) is 5.92. The molecule has 0 saturated heterocycles. The third-order valence-electron chi connectivity index (χ3n) is 5.10. The molecular formula is C23H26N2O6. The van der Waals surface area contributed by atoms with Gasteiger partial charge in [0.25, 0.3) is 11.7 Å². The van der Waals surface area contributed by atoms with Crippen LogP contribution in [0.4, 0.5) is 11.4 Å². The molecule has 0 spiro atoms. The number of ketones is 1. The van der Waals surface area contributed by atoms with Crippen LogP contribution in [0.5, 0.6) is 17.2 Å². The van der Waals surface area contributed by atoms with E-state index >= 15 is 0 Å². The molecular weight excluding hydrogens is 400 g/mol. The van der Waals surface area contributed by atoms with E-state index in [4.69, 9.17) is 14.2 Å². The Hall–Kier alpha value is -3.55. The van der Waals surface area contributed by atoms with Crippen molar-refractivity contribution < 1.29 is 28.6 Å². The number of carbonyl (C=O) groups excluding carboxylic acids is 3. The number of hydrogen-bond donors (Lipinski definition) is 1. The van der Waals surface area contributed by atoms with Crippen molar-refractivity contribution in [2.75, 3.05) is 38.1 Å². The highest BCUT2D eigenvalue weighted by Crippen LogP contribution is 2.47. The summed E-state index contributed by atoms with van der Waals surface area (Å²) in [5.74, 6) is -1.45. The van der Waals surface area contributed by atoms with E-state index in [0.717, 1.165) is 10.5 Å². The van der Waals surface area contributed by atoms with Gasteiger partial charge in [-0.25, -0.2) is 0 Å². The van der Waals surface area contributed by atoms with Crippen LogP contribution in [0.2, 0.25) is 0 Å². The molecule has 8 nitrogen and oxygen atoms in total. The largest absolute Gasteiger partial charge is 0.493 e. The van der Waals surface area contributed by atoms with Crippen molar-refractivity contribution in [2.24, 2.45) is 0 Å². The first-order chi connectivity index (χ1) is 14.6. The van der Waals surface area contributed by atoms with Crippen LogP contribution in [-0.4, -0.2) is 45.5 Å². The van der Waals surface area contributed by atoms with E-state index in [1.54, 1.807) is 12.1 Å². The number of carbonyl (C=O) groups is 3. The van der Waals surface area contributed by atoms with Crippen molar-refractivity contribution >= 4 is 29.0 Å². The van der Waals surface area contributed by atoms with Crippen LogP contribution in [0, 0.1) is 0 Å². The minimum absolute atomic E-state index is 0.00620. The molecule has 0 atom stereocenters. The van der Waals surface area contributed by atoms with E-state index in [1.807, 2.05) is 12.1 Å². The summed E-state index contributed by atoms with van der Waals surface area (Å²) in [6.45, 7) is 5.97. The summed E-state index contributed by atoms with van der Waals surface area (Å²) in [6.07, 6.45) is 0. The summed E-state index contributed by atoms with van der Waals surface area (Å²) in [4.78, 5) is 39.0. The maximum atomic E-state index is 12.6. The Morgan fingerprint density at radius 1 is 0.968 bits per heavy atom. The third kappa shape index (κ3) is 4.05. The second-order valence-corrected chi connectivity index (χ2v) is 8.14. The van der Waals surface area contributed by atoms with E-state index in [9.17, 15) is 14.4 Å². The van der Waals surface area contributed by atoms with Crippen LogP contribution in [0.1, 0.15) is 36.7 Å². The number of rotatable bonds is 6. The molecule has 1 N–H and O–H groups in total. The fourth-order valence-corrected chi connectivity index (χ4v) is 3.47. The number of Topliss-reactive ketones (excluding diaryl/α,β-unsaturated/α-hetero) is 1. The average Bonchev–Trinajstić information content (AvgIpc) is 2.96. The van der Waals surface area contributed by atoms with Gasteiger partial charge in [-0.2, -0.15) is 0 Å². The predicted octanol–water partition coefficient (Wildman–Crippen LogP) is 3.18. The molecule has 164 valence electrons. The van der Waals surface area contributed by atoms with E-state index in [-0.39, 0.29) is 40.5 Å². The molecule has 0 aliphatic carbocycles. The number of benzene rings is 2. The summed E-state index contributed by atoms with van der Waals surface area (Å²) in [5, 5.41) is 2.76. The maximum Gasteiger partial charge on any atom is 0.300 e. The normalized spacial score (nSPS) is 13.2. The van der Waals surface area contributed by atoms with E-state index in [0.29, 0.717) is 5.69 Å². The van der Waals surface area contributed by atoms with Crippen molar-refractivity contribution in [1.82, 2.24) is 0 Å². The Morgan fingerprint density at radius 3 is 2.10 bits per heavy atom. The van der Waals surface area contributed by atoms with Crippen LogP contribution >= 0.6 is 0 Å². The zero-order valence-electron chi connectivity index (χ0n) is 18.5. The molecule has 1 aliphatic heterocycles. The number of ether oxygens (including phenoxy) is 3. The molecule has 31 heavy (non-hydrogen) atoms. The van der Waals surface area contributed by atoms with E-state index in [2.05, 4.69) is 26.1 Å². The number of fused-ring (bicyclic) bond motifs is 1. The second kappa shape index (κ2) is 8.29. The van der Waals surface area contributed by atoms with Gasteiger partial charge < -0.3 is 19.5 Å².